The number of benzene rings is 2. The third-order valence-electron chi connectivity index (χ3n) is 2.64. The van der Waals surface area contributed by atoms with Crippen molar-refractivity contribution in [1.29, 1.82) is 0 Å². The minimum Gasteiger partial charge on any atom is -0.382 e. The zero-order valence-corrected chi connectivity index (χ0v) is 12.2. The zero-order valence-electron chi connectivity index (χ0n) is 11.4. The standard InChI is InChI=1S/C15H18N2O.ClH/c1-10(2)16-15-6-4-5-12-9-13(17-11(3)18)7-8-14(12)15;/h4-10,16H,1-3H3,(H,17,18);1H. The Labute approximate surface area is 119 Å². The smallest absolute Gasteiger partial charge is 0.221 e. The Morgan fingerprint density at radius 2 is 1.89 bits per heavy atom. The van der Waals surface area contributed by atoms with Crippen LogP contribution in [0.4, 0.5) is 11.4 Å². The predicted molar refractivity (Wildman–Crippen MR) is 84.3 cm³/mol. The van der Waals surface area contributed by atoms with Gasteiger partial charge in [0.05, 0.1) is 0 Å². The van der Waals surface area contributed by atoms with Gasteiger partial charge in [0.15, 0.2) is 0 Å². The Morgan fingerprint density at radius 3 is 2.53 bits per heavy atom. The average molecular weight is 279 g/mol. The molecule has 102 valence electrons. The topological polar surface area (TPSA) is 41.1 Å². The number of rotatable bonds is 3. The molecule has 0 atom stereocenters. The van der Waals surface area contributed by atoms with Gasteiger partial charge in [-0.05, 0) is 37.4 Å². The van der Waals surface area contributed by atoms with Crippen LogP contribution < -0.4 is 10.6 Å². The third-order valence-corrected chi connectivity index (χ3v) is 2.64. The average Bonchev–Trinajstić information content (AvgIpc) is 2.27. The van der Waals surface area contributed by atoms with Crippen LogP contribution in [0, 0.1) is 0 Å². The van der Waals surface area contributed by atoms with Crippen molar-refractivity contribution in [3.63, 3.8) is 0 Å². The Bertz CT molecular complexity index is 581. The first kappa shape index (κ1) is 15.3. The molecule has 2 aromatic carbocycles. The molecule has 0 saturated heterocycles. The maximum absolute atomic E-state index is 11.0. The molecule has 0 aliphatic heterocycles. The van der Waals surface area contributed by atoms with Crippen LogP contribution in [0.25, 0.3) is 10.8 Å². The van der Waals surface area contributed by atoms with Gasteiger partial charge in [0, 0.05) is 29.7 Å². The minimum atomic E-state index is -0.0502. The van der Waals surface area contributed by atoms with Crippen LogP contribution in [0.5, 0.6) is 0 Å². The molecule has 4 heteroatoms. The van der Waals surface area contributed by atoms with Gasteiger partial charge in [-0.15, -0.1) is 12.4 Å². The van der Waals surface area contributed by atoms with Crippen molar-refractivity contribution in [1.82, 2.24) is 0 Å². The number of anilines is 2. The Hall–Kier alpha value is -1.74. The lowest BCUT2D eigenvalue weighted by Crippen LogP contribution is -2.10. The normalized spacial score (nSPS) is 10.1. The van der Waals surface area contributed by atoms with Crippen LogP contribution in [0.3, 0.4) is 0 Å². The lowest BCUT2D eigenvalue weighted by atomic mass is 10.1. The first-order chi connectivity index (χ1) is 8.56. The van der Waals surface area contributed by atoms with Crippen molar-refractivity contribution in [2.45, 2.75) is 26.8 Å². The van der Waals surface area contributed by atoms with Gasteiger partial charge in [-0.1, -0.05) is 18.2 Å². The number of halogens is 1. The lowest BCUT2D eigenvalue weighted by Gasteiger charge is -2.13. The predicted octanol–water partition coefficient (Wildman–Crippen LogP) is 4.04. The van der Waals surface area contributed by atoms with E-state index in [0.29, 0.717) is 6.04 Å². The summed E-state index contributed by atoms with van der Waals surface area (Å²) in [6, 6.07) is 12.5. The molecule has 1 amide bonds. The highest BCUT2D eigenvalue weighted by atomic mass is 35.5. The Balaban J connectivity index is 0.00000180. The van der Waals surface area contributed by atoms with Gasteiger partial charge in [-0.3, -0.25) is 4.79 Å². The molecule has 19 heavy (non-hydrogen) atoms. The van der Waals surface area contributed by atoms with Gasteiger partial charge in [0.25, 0.3) is 0 Å². The molecule has 0 spiro atoms. The van der Waals surface area contributed by atoms with E-state index in [-0.39, 0.29) is 18.3 Å². The fourth-order valence-electron chi connectivity index (χ4n) is 2.00. The molecule has 0 radical (unpaired) electrons. The van der Waals surface area contributed by atoms with Gasteiger partial charge in [0.2, 0.25) is 5.91 Å². The summed E-state index contributed by atoms with van der Waals surface area (Å²) in [4.78, 5) is 11.0. The van der Waals surface area contributed by atoms with Crippen molar-refractivity contribution in [2.75, 3.05) is 10.6 Å². The summed E-state index contributed by atoms with van der Waals surface area (Å²) >= 11 is 0. The second-order valence-electron chi connectivity index (χ2n) is 4.72. The molecular formula is C15H19ClN2O. The summed E-state index contributed by atoms with van der Waals surface area (Å²) in [7, 11) is 0. The van der Waals surface area contributed by atoms with Crippen LogP contribution in [0.1, 0.15) is 20.8 Å². The number of hydrogen-bond acceptors (Lipinski definition) is 2. The monoisotopic (exact) mass is 278 g/mol. The highest BCUT2D eigenvalue weighted by Gasteiger charge is 2.03. The van der Waals surface area contributed by atoms with Gasteiger partial charge < -0.3 is 10.6 Å². The quantitative estimate of drug-likeness (QED) is 0.890. The van der Waals surface area contributed by atoms with E-state index in [0.717, 1.165) is 16.8 Å². The van der Waals surface area contributed by atoms with E-state index in [1.807, 2.05) is 30.3 Å². The molecule has 0 aromatic heterocycles. The summed E-state index contributed by atoms with van der Waals surface area (Å²) < 4.78 is 0. The summed E-state index contributed by atoms with van der Waals surface area (Å²) in [5.74, 6) is -0.0502. The minimum absolute atomic E-state index is 0. The number of nitrogens with one attached hydrogen (secondary N) is 2. The molecule has 0 fully saturated rings. The second kappa shape index (κ2) is 6.43. The van der Waals surface area contributed by atoms with E-state index in [1.165, 1.54) is 12.3 Å². The molecule has 2 rings (SSSR count). The molecule has 3 nitrogen and oxygen atoms in total. The molecule has 0 heterocycles. The number of carbonyl (C=O) groups excluding carboxylic acids is 1. The molecular weight excluding hydrogens is 260 g/mol. The fraction of sp³-hybridized carbons (Fsp3) is 0.267. The van der Waals surface area contributed by atoms with Gasteiger partial charge >= 0.3 is 0 Å². The van der Waals surface area contributed by atoms with Crippen LogP contribution in [-0.4, -0.2) is 11.9 Å². The van der Waals surface area contributed by atoms with Crippen LogP contribution in [0.15, 0.2) is 36.4 Å². The van der Waals surface area contributed by atoms with E-state index in [2.05, 4.69) is 30.5 Å². The van der Waals surface area contributed by atoms with E-state index in [1.54, 1.807) is 0 Å². The van der Waals surface area contributed by atoms with Crippen molar-refractivity contribution in [3.8, 4) is 0 Å². The highest BCUT2D eigenvalue weighted by Crippen LogP contribution is 2.26. The van der Waals surface area contributed by atoms with E-state index in [9.17, 15) is 4.79 Å². The maximum atomic E-state index is 11.0. The van der Waals surface area contributed by atoms with E-state index >= 15 is 0 Å². The van der Waals surface area contributed by atoms with Crippen molar-refractivity contribution in [2.24, 2.45) is 0 Å². The van der Waals surface area contributed by atoms with E-state index in [4.69, 9.17) is 0 Å². The summed E-state index contributed by atoms with van der Waals surface area (Å²) in [6.45, 7) is 5.75. The van der Waals surface area contributed by atoms with Crippen LogP contribution in [0.2, 0.25) is 0 Å². The Kier molecular flexibility index (Phi) is 5.19. The lowest BCUT2D eigenvalue weighted by molar-refractivity contribution is -0.114. The largest absolute Gasteiger partial charge is 0.382 e. The Morgan fingerprint density at radius 1 is 1.16 bits per heavy atom. The number of carbonyl (C=O) groups is 1. The van der Waals surface area contributed by atoms with Gasteiger partial charge in [-0.2, -0.15) is 0 Å². The van der Waals surface area contributed by atoms with Crippen molar-refractivity contribution >= 4 is 40.5 Å². The van der Waals surface area contributed by atoms with Gasteiger partial charge in [0.1, 0.15) is 0 Å². The zero-order chi connectivity index (χ0) is 13.1. The third kappa shape index (κ3) is 3.86. The first-order valence-corrected chi connectivity index (χ1v) is 6.13. The van der Waals surface area contributed by atoms with Crippen LogP contribution in [-0.2, 0) is 4.79 Å². The molecule has 0 aliphatic carbocycles. The number of hydrogen-bond donors (Lipinski definition) is 2. The molecule has 0 bridgehead atoms. The highest BCUT2D eigenvalue weighted by molar-refractivity contribution is 5.98. The number of fused-ring (bicyclic) bond motifs is 1. The summed E-state index contributed by atoms with van der Waals surface area (Å²) in [5, 5.41) is 8.50. The van der Waals surface area contributed by atoms with Gasteiger partial charge in [-0.25, -0.2) is 0 Å². The van der Waals surface area contributed by atoms with Crippen molar-refractivity contribution in [3.05, 3.63) is 36.4 Å². The SMILES string of the molecule is CC(=O)Nc1ccc2c(NC(C)C)cccc2c1.Cl. The fourth-order valence-corrected chi connectivity index (χ4v) is 2.00. The summed E-state index contributed by atoms with van der Waals surface area (Å²) in [6.07, 6.45) is 0. The second-order valence-corrected chi connectivity index (χ2v) is 4.72. The molecule has 0 saturated carbocycles. The first-order valence-electron chi connectivity index (χ1n) is 6.13. The molecule has 2 aromatic rings. The summed E-state index contributed by atoms with van der Waals surface area (Å²) in [5.41, 5.74) is 1.95. The molecule has 0 unspecified atom stereocenters. The van der Waals surface area contributed by atoms with Crippen molar-refractivity contribution < 1.29 is 4.79 Å². The van der Waals surface area contributed by atoms with E-state index < -0.39 is 0 Å². The molecule has 2 N–H and O–H groups in total. The maximum Gasteiger partial charge on any atom is 0.221 e. The number of amides is 1. The van der Waals surface area contributed by atoms with Crippen LogP contribution >= 0.6 is 12.4 Å². The molecule has 0 aliphatic rings.